The van der Waals surface area contributed by atoms with E-state index in [1.165, 1.54) is 12.1 Å². The van der Waals surface area contributed by atoms with Crippen LogP contribution in [0.5, 0.6) is 0 Å². The van der Waals surface area contributed by atoms with Gasteiger partial charge in [-0.3, -0.25) is 0 Å². The number of nitrogens with zero attached hydrogens (tertiary/aromatic N) is 1. The summed E-state index contributed by atoms with van der Waals surface area (Å²) >= 11 is 5.22. The minimum absolute atomic E-state index is 0.262. The van der Waals surface area contributed by atoms with Crippen LogP contribution in [0.4, 0.5) is 8.78 Å². The zero-order chi connectivity index (χ0) is 15.6. The van der Waals surface area contributed by atoms with E-state index in [1.807, 2.05) is 60.7 Å². The molecule has 0 aliphatic heterocycles. The monoisotopic (exact) mass is 315 g/mol. The molecule has 0 fully saturated rings. The first-order valence-electron chi connectivity index (χ1n) is 6.74. The molecule has 110 valence electrons. The van der Waals surface area contributed by atoms with Crippen molar-refractivity contribution in [2.24, 2.45) is 0 Å². The topological polar surface area (TPSA) is 12.9 Å². The molecule has 1 heterocycles. The van der Waals surface area contributed by atoms with Crippen molar-refractivity contribution < 1.29 is 8.78 Å². The van der Waals surface area contributed by atoms with Crippen LogP contribution in [-0.4, -0.2) is 4.98 Å². The fraction of sp³-hybridized carbons (Fsp3) is 0.0556. The SMILES string of the molecule is FC(F)(Cl)c1cc(-c2ccccc2)nc(-c2ccccc2)c1. The van der Waals surface area contributed by atoms with Crippen LogP contribution in [0.2, 0.25) is 0 Å². The van der Waals surface area contributed by atoms with Crippen molar-refractivity contribution in [2.45, 2.75) is 5.38 Å². The van der Waals surface area contributed by atoms with E-state index >= 15 is 0 Å². The third kappa shape index (κ3) is 3.15. The van der Waals surface area contributed by atoms with Gasteiger partial charge in [-0.2, -0.15) is 8.78 Å². The Hall–Kier alpha value is -2.26. The van der Waals surface area contributed by atoms with Crippen LogP contribution in [0.3, 0.4) is 0 Å². The molecule has 0 aliphatic rings. The summed E-state index contributed by atoms with van der Waals surface area (Å²) in [6.45, 7) is 0. The van der Waals surface area contributed by atoms with Gasteiger partial charge in [0.15, 0.2) is 0 Å². The van der Waals surface area contributed by atoms with E-state index in [2.05, 4.69) is 4.98 Å². The zero-order valence-corrected chi connectivity index (χ0v) is 12.3. The van der Waals surface area contributed by atoms with Crippen molar-refractivity contribution in [2.75, 3.05) is 0 Å². The average Bonchev–Trinajstić information content (AvgIpc) is 2.55. The van der Waals surface area contributed by atoms with E-state index < -0.39 is 5.38 Å². The van der Waals surface area contributed by atoms with E-state index in [0.717, 1.165) is 11.1 Å². The van der Waals surface area contributed by atoms with E-state index in [-0.39, 0.29) is 5.56 Å². The maximum atomic E-state index is 13.6. The molecule has 4 heteroatoms. The molecular formula is C18H12ClF2N. The second-order valence-electron chi connectivity index (χ2n) is 4.86. The molecule has 1 aromatic heterocycles. The first-order valence-corrected chi connectivity index (χ1v) is 7.12. The highest BCUT2D eigenvalue weighted by Gasteiger charge is 2.29. The van der Waals surface area contributed by atoms with Crippen LogP contribution < -0.4 is 0 Å². The summed E-state index contributed by atoms with van der Waals surface area (Å²) in [5.74, 6) is 0. The number of rotatable bonds is 3. The van der Waals surface area contributed by atoms with Gasteiger partial charge in [0.1, 0.15) is 0 Å². The number of hydrogen-bond acceptors (Lipinski definition) is 1. The van der Waals surface area contributed by atoms with Gasteiger partial charge in [-0.25, -0.2) is 4.98 Å². The molecule has 0 aliphatic carbocycles. The Morgan fingerprint density at radius 1 is 0.727 bits per heavy atom. The summed E-state index contributed by atoms with van der Waals surface area (Å²) in [4.78, 5) is 4.50. The first-order chi connectivity index (χ1) is 10.5. The number of benzene rings is 2. The summed E-state index contributed by atoms with van der Waals surface area (Å²) < 4.78 is 27.2. The van der Waals surface area contributed by atoms with Gasteiger partial charge in [0, 0.05) is 16.7 Å². The molecule has 2 aromatic carbocycles. The summed E-state index contributed by atoms with van der Waals surface area (Å²) in [7, 11) is 0. The average molecular weight is 316 g/mol. The van der Waals surface area contributed by atoms with Crippen molar-refractivity contribution in [1.29, 1.82) is 0 Å². The lowest BCUT2D eigenvalue weighted by Gasteiger charge is -2.13. The minimum Gasteiger partial charge on any atom is -0.248 e. The molecule has 0 saturated carbocycles. The van der Waals surface area contributed by atoms with Crippen molar-refractivity contribution >= 4 is 11.6 Å². The second-order valence-corrected chi connectivity index (χ2v) is 5.33. The van der Waals surface area contributed by atoms with Crippen LogP contribution >= 0.6 is 11.6 Å². The summed E-state index contributed by atoms with van der Waals surface area (Å²) in [5.41, 5.74) is 2.21. The van der Waals surface area contributed by atoms with Gasteiger partial charge in [-0.05, 0) is 23.7 Å². The molecule has 0 amide bonds. The third-order valence-corrected chi connectivity index (χ3v) is 3.51. The largest absolute Gasteiger partial charge is 0.348 e. The van der Waals surface area contributed by atoms with Crippen LogP contribution in [0.1, 0.15) is 5.56 Å². The molecule has 0 saturated heterocycles. The van der Waals surface area contributed by atoms with Crippen LogP contribution in [0.15, 0.2) is 72.8 Å². The summed E-state index contributed by atoms with van der Waals surface area (Å²) in [5, 5.41) is -3.43. The van der Waals surface area contributed by atoms with E-state index in [9.17, 15) is 8.78 Å². The van der Waals surface area contributed by atoms with E-state index in [0.29, 0.717) is 11.4 Å². The molecule has 0 bridgehead atoms. The van der Waals surface area contributed by atoms with Crippen molar-refractivity contribution in [3.8, 4) is 22.5 Å². The molecule has 3 rings (SSSR count). The van der Waals surface area contributed by atoms with Gasteiger partial charge in [-0.1, -0.05) is 60.7 Å². The predicted octanol–water partition coefficient (Wildman–Crippen LogP) is 5.70. The Bertz CT molecular complexity index is 710. The quantitative estimate of drug-likeness (QED) is 0.565. The Kier molecular flexibility index (Phi) is 3.90. The van der Waals surface area contributed by atoms with E-state index in [1.54, 1.807) is 0 Å². The highest BCUT2D eigenvalue weighted by atomic mass is 35.5. The Morgan fingerprint density at radius 3 is 1.50 bits per heavy atom. The van der Waals surface area contributed by atoms with Crippen LogP contribution in [0, 0.1) is 0 Å². The molecule has 0 radical (unpaired) electrons. The van der Waals surface area contributed by atoms with Crippen LogP contribution in [-0.2, 0) is 5.38 Å². The fourth-order valence-electron chi connectivity index (χ4n) is 2.21. The Morgan fingerprint density at radius 2 is 1.14 bits per heavy atom. The molecule has 0 N–H and O–H groups in total. The Balaban J connectivity index is 2.19. The van der Waals surface area contributed by atoms with Gasteiger partial charge in [0.05, 0.1) is 11.4 Å². The number of aromatic nitrogens is 1. The molecule has 3 aromatic rings. The Labute approximate surface area is 132 Å². The minimum atomic E-state index is -3.43. The lowest BCUT2D eigenvalue weighted by atomic mass is 10.0. The molecule has 0 atom stereocenters. The van der Waals surface area contributed by atoms with Gasteiger partial charge >= 0.3 is 5.38 Å². The maximum Gasteiger partial charge on any atom is 0.348 e. The highest BCUT2D eigenvalue weighted by Crippen LogP contribution is 2.36. The van der Waals surface area contributed by atoms with Gasteiger partial charge in [0.2, 0.25) is 0 Å². The lowest BCUT2D eigenvalue weighted by molar-refractivity contribution is 0.0951. The standard InChI is InChI=1S/C18H12ClF2N/c19-18(20,21)15-11-16(13-7-3-1-4-8-13)22-17(12-15)14-9-5-2-6-10-14/h1-12H. The molecular weight excluding hydrogens is 304 g/mol. The number of pyridine rings is 1. The fourth-order valence-corrected chi connectivity index (χ4v) is 2.32. The first kappa shape index (κ1) is 14.7. The molecule has 0 unspecified atom stereocenters. The molecule has 22 heavy (non-hydrogen) atoms. The van der Waals surface area contributed by atoms with Gasteiger partial charge < -0.3 is 0 Å². The summed E-state index contributed by atoms with van der Waals surface area (Å²) in [6.07, 6.45) is 0. The molecule has 0 spiro atoms. The van der Waals surface area contributed by atoms with Crippen molar-refractivity contribution in [1.82, 2.24) is 4.98 Å². The smallest absolute Gasteiger partial charge is 0.248 e. The van der Waals surface area contributed by atoms with Gasteiger partial charge in [-0.15, -0.1) is 0 Å². The summed E-state index contributed by atoms with van der Waals surface area (Å²) in [6, 6.07) is 21.0. The predicted molar refractivity (Wildman–Crippen MR) is 84.9 cm³/mol. The van der Waals surface area contributed by atoms with Crippen molar-refractivity contribution in [3.05, 3.63) is 78.4 Å². The van der Waals surface area contributed by atoms with Gasteiger partial charge in [0.25, 0.3) is 0 Å². The lowest BCUT2D eigenvalue weighted by Crippen LogP contribution is -2.05. The number of halogens is 3. The third-order valence-electron chi connectivity index (χ3n) is 3.29. The number of hydrogen-bond donors (Lipinski definition) is 0. The highest BCUT2D eigenvalue weighted by molar-refractivity contribution is 6.21. The second kappa shape index (κ2) is 5.85. The zero-order valence-electron chi connectivity index (χ0n) is 11.5. The normalized spacial score (nSPS) is 11.4. The van der Waals surface area contributed by atoms with Crippen LogP contribution in [0.25, 0.3) is 22.5 Å². The maximum absolute atomic E-state index is 13.6. The van der Waals surface area contributed by atoms with E-state index in [4.69, 9.17) is 11.6 Å². The molecule has 1 nitrogen and oxygen atoms in total. The number of alkyl halides is 3. The van der Waals surface area contributed by atoms with Crippen molar-refractivity contribution in [3.63, 3.8) is 0 Å².